The van der Waals surface area contributed by atoms with Gasteiger partial charge in [-0.05, 0) is 31.7 Å². The van der Waals surface area contributed by atoms with Crippen molar-refractivity contribution in [2.24, 2.45) is 5.73 Å². The second-order valence-electron chi connectivity index (χ2n) is 6.08. The molecule has 0 saturated heterocycles. The lowest BCUT2D eigenvalue weighted by Gasteiger charge is -2.37. The molecule has 0 heterocycles. The highest BCUT2D eigenvalue weighted by molar-refractivity contribution is 5.77. The maximum atomic E-state index is 12.1. The Hall–Kier alpha value is -1.35. The van der Waals surface area contributed by atoms with Crippen molar-refractivity contribution in [2.45, 2.75) is 57.4 Å². The van der Waals surface area contributed by atoms with Crippen LogP contribution < -0.4 is 11.1 Å². The summed E-state index contributed by atoms with van der Waals surface area (Å²) in [6.45, 7) is 2.63. The van der Waals surface area contributed by atoms with E-state index < -0.39 is 0 Å². The van der Waals surface area contributed by atoms with E-state index in [9.17, 15) is 4.79 Å². The number of amides is 1. The zero-order valence-electron chi connectivity index (χ0n) is 12.5. The molecule has 1 saturated carbocycles. The predicted molar refractivity (Wildman–Crippen MR) is 82.5 cm³/mol. The van der Waals surface area contributed by atoms with Crippen molar-refractivity contribution in [3.63, 3.8) is 0 Å². The van der Waals surface area contributed by atoms with Gasteiger partial charge in [-0.2, -0.15) is 0 Å². The third-order valence-electron chi connectivity index (χ3n) is 4.37. The highest BCUT2D eigenvalue weighted by Crippen LogP contribution is 2.27. The number of carbonyl (C=O) groups excluding carboxylic acids is 1. The molecular formula is C17H26N2O. The zero-order valence-corrected chi connectivity index (χ0v) is 12.5. The minimum absolute atomic E-state index is 0.136. The van der Waals surface area contributed by atoms with Crippen LogP contribution in [0, 0.1) is 6.92 Å². The first-order chi connectivity index (χ1) is 9.63. The molecule has 1 aromatic rings. The van der Waals surface area contributed by atoms with Crippen LogP contribution in [0.4, 0.5) is 0 Å². The molecule has 1 amide bonds. The highest BCUT2D eigenvalue weighted by atomic mass is 16.1. The Bertz CT molecular complexity index is 433. The summed E-state index contributed by atoms with van der Waals surface area (Å²) in [5.41, 5.74) is 8.23. The molecule has 0 aromatic heterocycles. The fourth-order valence-corrected chi connectivity index (χ4v) is 2.98. The minimum atomic E-state index is -0.136. The zero-order chi connectivity index (χ0) is 14.4. The van der Waals surface area contributed by atoms with Crippen molar-refractivity contribution in [2.75, 3.05) is 6.54 Å². The van der Waals surface area contributed by atoms with Gasteiger partial charge >= 0.3 is 0 Å². The standard InChI is InChI=1S/C17H26N2O/c1-14-5-7-15(8-6-14)9-10-16(20)19-17(13-18)11-3-2-4-12-17/h5-8H,2-4,9-13,18H2,1H3,(H,19,20). The van der Waals surface area contributed by atoms with Crippen molar-refractivity contribution >= 4 is 5.91 Å². The number of benzene rings is 1. The Labute approximate surface area is 121 Å². The molecule has 20 heavy (non-hydrogen) atoms. The average Bonchev–Trinajstić information content (AvgIpc) is 2.47. The lowest BCUT2D eigenvalue weighted by Crippen LogP contribution is -2.54. The first-order valence-corrected chi connectivity index (χ1v) is 7.70. The molecule has 1 aromatic carbocycles. The number of carbonyl (C=O) groups is 1. The first kappa shape index (κ1) is 15.0. The normalized spacial score (nSPS) is 17.7. The molecule has 1 aliphatic rings. The van der Waals surface area contributed by atoms with Crippen LogP contribution in [-0.2, 0) is 11.2 Å². The Morgan fingerprint density at radius 3 is 2.45 bits per heavy atom. The molecule has 0 aliphatic heterocycles. The summed E-state index contributed by atoms with van der Waals surface area (Å²) in [5.74, 6) is 0.137. The summed E-state index contributed by atoms with van der Waals surface area (Å²) >= 11 is 0. The molecule has 0 radical (unpaired) electrons. The van der Waals surface area contributed by atoms with Gasteiger partial charge in [-0.1, -0.05) is 49.1 Å². The lowest BCUT2D eigenvalue weighted by molar-refractivity contribution is -0.123. The van der Waals surface area contributed by atoms with Crippen LogP contribution in [0.2, 0.25) is 0 Å². The van der Waals surface area contributed by atoms with Crippen LogP contribution in [-0.4, -0.2) is 18.0 Å². The highest BCUT2D eigenvalue weighted by Gasteiger charge is 2.31. The van der Waals surface area contributed by atoms with Gasteiger partial charge in [-0.15, -0.1) is 0 Å². The Morgan fingerprint density at radius 2 is 1.85 bits per heavy atom. The van der Waals surface area contributed by atoms with Gasteiger partial charge in [0.05, 0.1) is 5.54 Å². The molecule has 0 atom stereocenters. The molecule has 0 unspecified atom stereocenters. The fraction of sp³-hybridized carbons (Fsp3) is 0.588. The molecule has 0 spiro atoms. The number of nitrogens with one attached hydrogen (secondary N) is 1. The van der Waals surface area contributed by atoms with Gasteiger partial charge in [-0.25, -0.2) is 0 Å². The van der Waals surface area contributed by atoms with Crippen molar-refractivity contribution in [1.29, 1.82) is 0 Å². The SMILES string of the molecule is Cc1ccc(CCC(=O)NC2(CN)CCCCC2)cc1. The molecule has 3 heteroatoms. The van der Waals surface area contributed by atoms with E-state index >= 15 is 0 Å². The summed E-state index contributed by atoms with van der Waals surface area (Å²) in [7, 11) is 0. The van der Waals surface area contributed by atoms with Crippen LogP contribution >= 0.6 is 0 Å². The van der Waals surface area contributed by atoms with Crippen molar-refractivity contribution in [1.82, 2.24) is 5.32 Å². The van der Waals surface area contributed by atoms with E-state index in [1.165, 1.54) is 30.4 Å². The van der Waals surface area contributed by atoms with E-state index in [-0.39, 0.29) is 11.4 Å². The lowest BCUT2D eigenvalue weighted by atomic mass is 9.81. The van der Waals surface area contributed by atoms with Gasteiger partial charge in [0.2, 0.25) is 5.91 Å². The Kier molecular flexibility index (Phi) is 5.18. The second kappa shape index (κ2) is 6.89. The van der Waals surface area contributed by atoms with Crippen LogP contribution in [0.25, 0.3) is 0 Å². The van der Waals surface area contributed by atoms with Crippen LogP contribution in [0.1, 0.15) is 49.7 Å². The summed E-state index contributed by atoms with van der Waals surface area (Å²) in [6.07, 6.45) is 7.02. The smallest absolute Gasteiger partial charge is 0.220 e. The number of aryl methyl sites for hydroxylation is 2. The minimum Gasteiger partial charge on any atom is -0.349 e. The first-order valence-electron chi connectivity index (χ1n) is 7.70. The van der Waals surface area contributed by atoms with E-state index in [4.69, 9.17) is 5.73 Å². The largest absolute Gasteiger partial charge is 0.349 e. The van der Waals surface area contributed by atoms with Crippen molar-refractivity contribution in [3.05, 3.63) is 35.4 Å². The van der Waals surface area contributed by atoms with Gasteiger partial charge in [0.1, 0.15) is 0 Å². The summed E-state index contributed by atoms with van der Waals surface area (Å²) in [6, 6.07) is 8.38. The number of rotatable bonds is 5. The predicted octanol–water partition coefficient (Wildman–Crippen LogP) is 2.71. The quantitative estimate of drug-likeness (QED) is 0.867. The number of hydrogen-bond acceptors (Lipinski definition) is 2. The van der Waals surface area contributed by atoms with E-state index in [1.54, 1.807) is 0 Å². The van der Waals surface area contributed by atoms with Crippen LogP contribution in [0.3, 0.4) is 0 Å². The van der Waals surface area contributed by atoms with Gasteiger partial charge < -0.3 is 11.1 Å². The molecular weight excluding hydrogens is 248 g/mol. The monoisotopic (exact) mass is 274 g/mol. The molecule has 110 valence electrons. The third kappa shape index (κ3) is 4.07. The molecule has 1 fully saturated rings. The molecule has 2 rings (SSSR count). The topological polar surface area (TPSA) is 55.1 Å². The summed E-state index contributed by atoms with van der Waals surface area (Å²) in [4.78, 5) is 12.1. The maximum absolute atomic E-state index is 12.1. The van der Waals surface area contributed by atoms with Crippen LogP contribution in [0.15, 0.2) is 24.3 Å². The molecule has 0 bridgehead atoms. The van der Waals surface area contributed by atoms with Gasteiger partial charge in [0.15, 0.2) is 0 Å². The van der Waals surface area contributed by atoms with Gasteiger partial charge in [-0.3, -0.25) is 4.79 Å². The van der Waals surface area contributed by atoms with E-state index in [0.717, 1.165) is 19.3 Å². The maximum Gasteiger partial charge on any atom is 0.220 e. The van der Waals surface area contributed by atoms with E-state index in [2.05, 4.69) is 36.5 Å². The Balaban J connectivity index is 1.83. The molecule has 1 aliphatic carbocycles. The van der Waals surface area contributed by atoms with Gasteiger partial charge in [0, 0.05) is 13.0 Å². The molecule has 3 nitrogen and oxygen atoms in total. The van der Waals surface area contributed by atoms with Crippen molar-refractivity contribution in [3.8, 4) is 0 Å². The number of nitrogens with two attached hydrogens (primary N) is 1. The third-order valence-corrected chi connectivity index (χ3v) is 4.37. The van der Waals surface area contributed by atoms with E-state index in [0.29, 0.717) is 13.0 Å². The van der Waals surface area contributed by atoms with Crippen molar-refractivity contribution < 1.29 is 4.79 Å². The van der Waals surface area contributed by atoms with Gasteiger partial charge in [0.25, 0.3) is 0 Å². The average molecular weight is 274 g/mol. The Morgan fingerprint density at radius 1 is 1.20 bits per heavy atom. The van der Waals surface area contributed by atoms with Crippen LogP contribution in [0.5, 0.6) is 0 Å². The van der Waals surface area contributed by atoms with E-state index in [1.807, 2.05) is 0 Å². The fourth-order valence-electron chi connectivity index (χ4n) is 2.98. The molecule has 3 N–H and O–H groups in total. The summed E-state index contributed by atoms with van der Waals surface area (Å²) in [5, 5.41) is 3.20. The summed E-state index contributed by atoms with van der Waals surface area (Å²) < 4.78 is 0. The second-order valence-corrected chi connectivity index (χ2v) is 6.08. The number of hydrogen-bond donors (Lipinski definition) is 2.